The number of amides is 1. The molecule has 6 nitrogen and oxygen atoms in total. The van der Waals surface area contributed by atoms with Gasteiger partial charge in [0.1, 0.15) is 6.07 Å². The predicted molar refractivity (Wildman–Crippen MR) is 92.2 cm³/mol. The fourth-order valence-electron chi connectivity index (χ4n) is 2.96. The predicted octanol–water partition coefficient (Wildman–Crippen LogP) is 3.11. The van der Waals surface area contributed by atoms with Gasteiger partial charge in [-0.2, -0.15) is 5.26 Å². The molecule has 1 aromatic heterocycles. The standard InChI is InChI=1S/C19H19N3O3/c1-12-9-16(13(2)22(12)15-7-8-15)19(24)25-11-18(23)21-17-6-4-3-5-14(17)10-20/h3-6,9,15H,7-8,11H2,1-2H3,(H,21,23). The van der Waals surface area contributed by atoms with Crippen molar-refractivity contribution in [1.29, 1.82) is 5.26 Å². The minimum atomic E-state index is -0.510. The van der Waals surface area contributed by atoms with Crippen molar-refractivity contribution in [3.05, 3.63) is 52.8 Å². The molecule has 0 radical (unpaired) electrons. The normalized spacial score (nSPS) is 13.2. The van der Waals surface area contributed by atoms with Crippen molar-refractivity contribution in [2.45, 2.75) is 32.7 Å². The van der Waals surface area contributed by atoms with Crippen LogP contribution in [0.25, 0.3) is 0 Å². The van der Waals surface area contributed by atoms with Crippen LogP contribution >= 0.6 is 0 Å². The van der Waals surface area contributed by atoms with Gasteiger partial charge >= 0.3 is 5.97 Å². The average Bonchev–Trinajstić information content (AvgIpc) is 3.38. The summed E-state index contributed by atoms with van der Waals surface area (Å²) >= 11 is 0. The van der Waals surface area contributed by atoms with Gasteiger partial charge in [0.25, 0.3) is 5.91 Å². The first kappa shape index (κ1) is 16.8. The van der Waals surface area contributed by atoms with Crippen LogP contribution in [-0.4, -0.2) is 23.1 Å². The first-order valence-electron chi connectivity index (χ1n) is 8.15. The van der Waals surface area contributed by atoms with Crippen molar-refractivity contribution < 1.29 is 14.3 Å². The van der Waals surface area contributed by atoms with Gasteiger partial charge in [-0.25, -0.2) is 4.79 Å². The zero-order valence-electron chi connectivity index (χ0n) is 14.2. The van der Waals surface area contributed by atoms with Crippen LogP contribution in [0.5, 0.6) is 0 Å². The molecule has 1 fully saturated rings. The second kappa shape index (κ2) is 6.81. The summed E-state index contributed by atoms with van der Waals surface area (Å²) in [4.78, 5) is 24.3. The van der Waals surface area contributed by atoms with E-state index < -0.39 is 18.5 Å². The van der Waals surface area contributed by atoms with E-state index in [0.29, 0.717) is 22.9 Å². The van der Waals surface area contributed by atoms with Crippen molar-refractivity contribution in [3.63, 3.8) is 0 Å². The number of carbonyl (C=O) groups excluding carboxylic acids is 2. The number of esters is 1. The van der Waals surface area contributed by atoms with E-state index in [1.54, 1.807) is 30.3 Å². The fourth-order valence-corrected chi connectivity index (χ4v) is 2.96. The second-order valence-corrected chi connectivity index (χ2v) is 6.17. The van der Waals surface area contributed by atoms with Crippen molar-refractivity contribution >= 4 is 17.6 Å². The molecule has 0 saturated heterocycles. The monoisotopic (exact) mass is 337 g/mol. The van der Waals surface area contributed by atoms with E-state index in [1.807, 2.05) is 19.9 Å². The molecule has 6 heteroatoms. The number of carbonyl (C=O) groups is 2. The topological polar surface area (TPSA) is 84.1 Å². The molecule has 1 saturated carbocycles. The third-order valence-corrected chi connectivity index (χ3v) is 4.27. The van der Waals surface area contributed by atoms with Crippen LogP contribution in [0.15, 0.2) is 30.3 Å². The molecule has 1 aliphatic carbocycles. The zero-order valence-corrected chi connectivity index (χ0v) is 14.2. The van der Waals surface area contributed by atoms with E-state index >= 15 is 0 Å². The Morgan fingerprint density at radius 2 is 2.04 bits per heavy atom. The van der Waals surface area contributed by atoms with Crippen LogP contribution < -0.4 is 5.32 Å². The third kappa shape index (κ3) is 3.56. The molecular weight excluding hydrogens is 318 g/mol. The third-order valence-electron chi connectivity index (χ3n) is 4.27. The quantitative estimate of drug-likeness (QED) is 0.850. The Bertz CT molecular complexity index is 873. The molecule has 0 bridgehead atoms. The number of benzene rings is 1. The number of nitrogens with one attached hydrogen (secondary N) is 1. The molecule has 0 aliphatic heterocycles. The summed E-state index contributed by atoms with van der Waals surface area (Å²) in [6.45, 7) is 3.46. The first-order valence-corrected chi connectivity index (χ1v) is 8.15. The molecule has 2 aromatic rings. The highest BCUT2D eigenvalue weighted by Crippen LogP contribution is 2.38. The Labute approximate surface area is 146 Å². The summed E-state index contributed by atoms with van der Waals surface area (Å²) < 4.78 is 7.29. The number of hydrogen-bond acceptors (Lipinski definition) is 4. The highest BCUT2D eigenvalue weighted by atomic mass is 16.5. The van der Waals surface area contributed by atoms with E-state index in [1.165, 1.54) is 0 Å². The van der Waals surface area contributed by atoms with E-state index in [9.17, 15) is 9.59 Å². The zero-order chi connectivity index (χ0) is 18.0. The first-order chi connectivity index (χ1) is 12.0. The Kier molecular flexibility index (Phi) is 4.57. The molecule has 3 rings (SSSR count). The number of hydrogen-bond donors (Lipinski definition) is 1. The Morgan fingerprint density at radius 3 is 2.72 bits per heavy atom. The molecule has 1 aromatic carbocycles. The van der Waals surface area contributed by atoms with Crippen molar-refractivity contribution in [2.75, 3.05) is 11.9 Å². The average molecular weight is 337 g/mol. The van der Waals surface area contributed by atoms with Gasteiger partial charge < -0.3 is 14.6 Å². The lowest BCUT2D eigenvalue weighted by Crippen LogP contribution is -2.21. The summed E-state index contributed by atoms with van der Waals surface area (Å²) in [5.41, 5.74) is 3.15. The van der Waals surface area contributed by atoms with Crippen LogP contribution in [-0.2, 0) is 9.53 Å². The van der Waals surface area contributed by atoms with E-state index in [-0.39, 0.29) is 0 Å². The molecule has 128 valence electrons. The summed E-state index contributed by atoms with van der Waals surface area (Å²) in [5, 5.41) is 11.6. The second-order valence-electron chi connectivity index (χ2n) is 6.17. The van der Waals surface area contributed by atoms with Crippen molar-refractivity contribution in [3.8, 4) is 6.07 Å². The van der Waals surface area contributed by atoms with Crippen LogP contribution in [0.4, 0.5) is 5.69 Å². The van der Waals surface area contributed by atoms with Gasteiger partial charge in [0.05, 0.1) is 16.8 Å². The number of para-hydroxylation sites is 1. The fraction of sp³-hybridized carbons (Fsp3) is 0.316. The smallest absolute Gasteiger partial charge is 0.340 e. The summed E-state index contributed by atoms with van der Waals surface area (Å²) in [6.07, 6.45) is 2.26. The molecule has 0 atom stereocenters. The molecule has 0 unspecified atom stereocenters. The number of aryl methyl sites for hydroxylation is 1. The van der Waals surface area contributed by atoms with Gasteiger partial charge in [0, 0.05) is 17.4 Å². The molecular formula is C19H19N3O3. The maximum Gasteiger partial charge on any atom is 0.340 e. The van der Waals surface area contributed by atoms with Crippen LogP contribution in [0.3, 0.4) is 0 Å². The molecule has 1 N–H and O–H groups in total. The molecule has 25 heavy (non-hydrogen) atoms. The number of nitrogens with zero attached hydrogens (tertiary/aromatic N) is 2. The number of nitriles is 1. The van der Waals surface area contributed by atoms with Crippen molar-refractivity contribution in [2.24, 2.45) is 0 Å². The van der Waals surface area contributed by atoms with Gasteiger partial charge in [-0.3, -0.25) is 4.79 Å². The van der Waals surface area contributed by atoms with E-state index in [0.717, 1.165) is 24.2 Å². The van der Waals surface area contributed by atoms with Gasteiger partial charge in [-0.15, -0.1) is 0 Å². The van der Waals surface area contributed by atoms with Crippen molar-refractivity contribution in [1.82, 2.24) is 4.57 Å². The number of anilines is 1. The lowest BCUT2D eigenvalue weighted by Gasteiger charge is -2.09. The summed E-state index contributed by atoms with van der Waals surface area (Å²) in [5.74, 6) is -0.990. The number of aromatic nitrogens is 1. The van der Waals surface area contributed by atoms with Crippen LogP contribution in [0.2, 0.25) is 0 Å². The highest BCUT2D eigenvalue weighted by molar-refractivity contribution is 5.96. The number of rotatable bonds is 5. The molecule has 1 heterocycles. The maximum atomic E-state index is 12.3. The van der Waals surface area contributed by atoms with E-state index in [4.69, 9.17) is 10.00 Å². The van der Waals surface area contributed by atoms with Gasteiger partial charge in [-0.1, -0.05) is 12.1 Å². The number of ether oxygens (including phenoxy) is 1. The SMILES string of the molecule is Cc1cc(C(=O)OCC(=O)Nc2ccccc2C#N)c(C)n1C1CC1. The minimum Gasteiger partial charge on any atom is -0.452 e. The minimum absolute atomic E-state index is 0.357. The van der Waals surface area contributed by atoms with Gasteiger partial charge in [0.2, 0.25) is 0 Å². The Morgan fingerprint density at radius 1 is 1.32 bits per heavy atom. The van der Waals surface area contributed by atoms with Crippen LogP contribution in [0, 0.1) is 25.2 Å². The van der Waals surface area contributed by atoms with Gasteiger partial charge in [0.15, 0.2) is 6.61 Å². The largest absolute Gasteiger partial charge is 0.452 e. The molecule has 0 spiro atoms. The van der Waals surface area contributed by atoms with Gasteiger partial charge in [-0.05, 0) is 44.9 Å². The highest BCUT2D eigenvalue weighted by Gasteiger charge is 2.28. The summed E-state index contributed by atoms with van der Waals surface area (Å²) in [7, 11) is 0. The maximum absolute atomic E-state index is 12.3. The molecule has 1 amide bonds. The molecule has 1 aliphatic rings. The van der Waals surface area contributed by atoms with E-state index in [2.05, 4.69) is 9.88 Å². The Hall–Kier alpha value is -3.07. The Balaban J connectivity index is 1.62. The van der Waals surface area contributed by atoms with Crippen LogP contribution in [0.1, 0.15) is 46.2 Å². The summed E-state index contributed by atoms with van der Waals surface area (Å²) in [6, 6.07) is 10.9. The lowest BCUT2D eigenvalue weighted by molar-refractivity contribution is -0.119. The lowest BCUT2D eigenvalue weighted by atomic mass is 10.2.